The molecule has 1 amide bonds. The zero-order valence-corrected chi connectivity index (χ0v) is 17.2. The number of amides is 1. The van der Waals surface area contributed by atoms with Gasteiger partial charge in [-0.05, 0) is 34.9 Å². The summed E-state index contributed by atoms with van der Waals surface area (Å²) in [6.07, 6.45) is 0.250. The number of carbonyl (C=O) groups is 2. The molecule has 0 aliphatic heterocycles. The summed E-state index contributed by atoms with van der Waals surface area (Å²) in [7, 11) is 1.62. The van der Waals surface area contributed by atoms with Crippen molar-refractivity contribution in [2.24, 2.45) is 0 Å². The lowest BCUT2D eigenvalue weighted by Gasteiger charge is -2.15. The van der Waals surface area contributed by atoms with Crippen LogP contribution in [0.4, 0.5) is 0 Å². The molecule has 0 bridgehead atoms. The largest absolute Gasteiger partial charge is 0.496 e. The van der Waals surface area contributed by atoms with Gasteiger partial charge in [0.2, 0.25) is 5.91 Å². The molecule has 154 valence electrons. The summed E-state index contributed by atoms with van der Waals surface area (Å²) in [5.41, 5.74) is 3.46. The minimum Gasteiger partial charge on any atom is -0.496 e. The van der Waals surface area contributed by atoms with Gasteiger partial charge in [0.15, 0.2) is 0 Å². The summed E-state index contributed by atoms with van der Waals surface area (Å²) in [5, 5.41) is 12.7. The van der Waals surface area contributed by atoms with Gasteiger partial charge in [-0.3, -0.25) is 4.79 Å². The molecular weight excluding hydrogens is 402 g/mol. The summed E-state index contributed by atoms with van der Waals surface area (Å²) in [5.74, 6) is -0.680. The van der Waals surface area contributed by atoms with E-state index < -0.39 is 12.0 Å². The van der Waals surface area contributed by atoms with Gasteiger partial charge in [0.05, 0.1) is 13.5 Å². The van der Waals surface area contributed by atoms with E-state index in [4.69, 9.17) is 16.3 Å². The Hall–Kier alpha value is -3.31. The molecule has 0 unspecified atom stereocenters. The average molecular weight is 424 g/mol. The number of hydrogen-bond donors (Lipinski definition) is 2. The number of carboxylic acid groups (broad SMARTS) is 1. The number of nitrogens with one attached hydrogen (secondary N) is 1. The smallest absolute Gasteiger partial charge is 0.326 e. The highest BCUT2D eigenvalue weighted by Crippen LogP contribution is 2.29. The zero-order valence-electron chi connectivity index (χ0n) is 16.5. The summed E-state index contributed by atoms with van der Waals surface area (Å²) in [6, 6.07) is 21.2. The molecule has 0 saturated heterocycles. The van der Waals surface area contributed by atoms with Gasteiger partial charge < -0.3 is 15.2 Å². The van der Waals surface area contributed by atoms with Crippen LogP contribution in [-0.4, -0.2) is 30.1 Å². The Balaban J connectivity index is 1.67. The van der Waals surface area contributed by atoms with Crippen LogP contribution in [0.1, 0.15) is 11.1 Å². The van der Waals surface area contributed by atoms with Crippen molar-refractivity contribution in [3.8, 4) is 16.9 Å². The highest BCUT2D eigenvalue weighted by atomic mass is 35.5. The van der Waals surface area contributed by atoms with E-state index in [0.29, 0.717) is 5.02 Å². The summed E-state index contributed by atoms with van der Waals surface area (Å²) >= 11 is 5.93. The molecule has 0 aliphatic rings. The monoisotopic (exact) mass is 423 g/mol. The molecule has 0 saturated carbocycles. The van der Waals surface area contributed by atoms with Crippen LogP contribution in [0.5, 0.6) is 5.75 Å². The Labute approximate surface area is 180 Å². The molecule has 5 nitrogen and oxygen atoms in total. The Kier molecular flexibility index (Phi) is 7.09. The predicted octanol–water partition coefficient (Wildman–Crippen LogP) is 4.37. The molecule has 2 N–H and O–H groups in total. The van der Waals surface area contributed by atoms with Crippen LogP contribution in [0.25, 0.3) is 11.1 Å². The van der Waals surface area contributed by atoms with Crippen molar-refractivity contribution in [3.05, 3.63) is 88.9 Å². The fourth-order valence-corrected chi connectivity index (χ4v) is 3.43. The van der Waals surface area contributed by atoms with E-state index in [1.807, 2.05) is 48.5 Å². The number of benzene rings is 3. The van der Waals surface area contributed by atoms with Gasteiger partial charge in [0.25, 0.3) is 0 Å². The third-order valence-corrected chi connectivity index (χ3v) is 4.93. The molecule has 6 heteroatoms. The molecule has 0 radical (unpaired) electrons. The van der Waals surface area contributed by atoms with Gasteiger partial charge in [0.1, 0.15) is 11.8 Å². The number of carbonyl (C=O) groups excluding carboxylic acids is 1. The van der Waals surface area contributed by atoms with Crippen LogP contribution in [-0.2, 0) is 22.4 Å². The maximum atomic E-state index is 12.3. The van der Waals surface area contributed by atoms with Crippen molar-refractivity contribution in [2.75, 3.05) is 7.11 Å². The van der Waals surface area contributed by atoms with Crippen LogP contribution in [0.2, 0.25) is 5.02 Å². The van der Waals surface area contributed by atoms with Crippen molar-refractivity contribution in [2.45, 2.75) is 18.9 Å². The van der Waals surface area contributed by atoms with E-state index in [9.17, 15) is 14.7 Å². The molecule has 0 fully saturated rings. The lowest BCUT2D eigenvalue weighted by Crippen LogP contribution is -2.43. The quantitative estimate of drug-likeness (QED) is 0.564. The number of aliphatic carboxylic acids is 1. The van der Waals surface area contributed by atoms with Crippen LogP contribution in [0.3, 0.4) is 0 Å². The average Bonchev–Trinajstić information content (AvgIpc) is 2.73. The van der Waals surface area contributed by atoms with Gasteiger partial charge in [-0.15, -0.1) is 0 Å². The van der Waals surface area contributed by atoms with Crippen LogP contribution in [0, 0.1) is 0 Å². The molecule has 3 aromatic carbocycles. The molecule has 1 atom stereocenters. The second kappa shape index (κ2) is 9.94. The fraction of sp³-hybridized carbons (Fsp3) is 0.167. The van der Waals surface area contributed by atoms with E-state index in [1.54, 1.807) is 31.4 Å². The maximum absolute atomic E-state index is 12.3. The van der Waals surface area contributed by atoms with Gasteiger partial charge in [-0.1, -0.05) is 66.2 Å². The van der Waals surface area contributed by atoms with Gasteiger partial charge in [-0.2, -0.15) is 0 Å². The molecule has 30 heavy (non-hydrogen) atoms. The van der Waals surface area contributed by atoms with E-state index in [-0.39, 0.29) is 18.7 Å². The zero-order chi connectivity index (χ0) is 21.5. The number of carboxylic acids is 1. The lowest BCUT2D eigenvalue weighted by atomic mass is 10.00. The first kappa shape index (κ1) is 21.4. The van der Waals surface area contributed by atoms with Crippen LogP contribution in [0.15, 0.2) is 72.8 Å². The Morgan fingerprint density at radius 2 is 1.73 bits per heavy atom. The van der Waals surface area contributed by atoms with Gasteiger partial charge in [0, 0.05) is 17.0 Å². The van der Waals surface area contributed by atoms with Crippen molar-refractivity contribution in [1.82, 2.24) is 5.32 Å². The van der Waals surface area contributed by atoms with E-state index >= 15 is 0 Å². The number of rotatable bonds is 8. The van der Waals surface area contributed by atoms with E-state index in [2.05, 4.69) is 5.32 Å². The van der Waals surface area contributed by atoms with Gasteiger partial charge in [-0.25, -0.2) is 4.79 Å². The predicted molar refractivity (Wildman–Crippen MR) is 117 cm³/mol. The second-order valence-electron chi connectivity index (χ2n) is 6.87. The molecule has 0 heterocycles. The summed E-state index contributed by atoms with van der Waals surface area (Å²) in [6.45, 7) is 0. The van der Waals surface area contributed by atoms with Crippen molar-refractivity contribution < 1.29 is 19.4 Å². The first-order valence-corrected chi connectivity index (χ1v) is 9.83. The van der Waals surface area contributed by atoms with E-state index in [1.165, 1.54) is 0 Å². The number of methoxy groups -OCH3 is 1. The van der Waals surface area contributed by atoms with Crippen molar-refractivity contribution in [1.29, 1.82) is 0 Å². The normalized spacial score (nSPS) is 11.5. The minimum atomic E-state index is -1.08. The first-order valence-electron chi connectivity index (χ1n) is 9.45. The number of para-hydroxylation sites is 1. The molecule has 3 rings (SSSR count). The fourth-order valence-electron chi connectivity index (χ4n) is 3.22. The topological polar surface area (TPSA) is 75.6 Å². The summed E-state index contributed by atoms with van der Waals surface area (Å²) in [4.78, 5) is 24.0. The number of ether oxygens (including phenoxy) is 1. The molecule has 0 aromatic heterocycles. The second-order valence-corrected chi connectivity index (χ2v) is 7.30. The van der Waals surface area contributed by atoms with E-state index in [0.717, 1.165) is 28.0 Å². The summed E-state index contributed by atoms with van der Waals surface area (Å²) < 4.78 is 5.39. The van der Waals surface area contributed by atoms with Gasteiger partial charge >= 0.3 is 5.97 Å². The SMILES string of the molecule is COc1ccccc1-c1ccc(C[C@H](NC(=O)Cc2cccc(Cl)c2)C(=O)O)cc1. The third kappa shape index (κ3) is 5.61. The maximum Gasteiger partial charge on any atom is 0.326 e. The Morgan fingerprint density at radius 1 is 1.00 bits per heavy atom. The molecular formula is C24H22ClNO4. The van der Waals surface area contributed by atoms with Crippen LogP contribution >= 0.6 is 11.6 Å². The minimum absolute atomic E-state index is 0.0665. The van der Waals surface area contributed by atoms with Crippen LogP contribution < -0.4 is 10.1 Å². The number of halogens is 1. The third-order valence-electron chi connectivity index (χ3n) is 4.70. The number of hydrogen-bond acceptors (Lipinski definition) is 3. The highest BCUT2D eigenvalue weighted by molar-refractivity contribution is 6.30. The Bertz CT molecular complexity index is 1030. The molecule has 0 aliphatic carbocycles. The first-order chi connectivity index (χ1) is 14.5. The van der Waals surface area contributed by atoms with Crippen molar-refractivity contribution in [3.63, 3.8) is 0 Å². The highest BCUT2D eigenvalue weighted by Gasteiger charge is 2.20. The molecule has 3 aromatic rings. The molecule has 0 spiro atoms. The lowest BCUT2D eigenvalue weighted by molar-refractivity contribution is -0.141. The Morgan fingerprint density at radius 3 is 2.40 bits per heavy atom. The standard InChI is InChI=1S/C24H22ClNO4/c1-30-22-8-3-2-7-20(22)18-11-9-16(10-12-18)14-21(24(28)29)26-23(27)15-17-5-4-6-19(25)13-17/h2-13,21H,14-15H2,1H3,(H,26,27)(H,28,29)/t21-/m0/s1. The van der Waals surface area contributed by atoms with Crippen molar-refractivity contribution >= 4 is 23.5 Å².